The third-order valence-electron chi connectivity index (χ3n) is 11.3. The van der Waals surface area contributed by atoms with E-state index in [0.717, 1.165) is 89.4 Å². The molecule has 0 bridgehead atoms. The molecular formula is C57H40N4O. The molecule has 0 fully saturated rings. The van der Waals surface area contributed by atoms with Crippen LogP contribution in [0.2, 0.25) is 0 Å². The van der Waals surface area contributed by atoms with Gasteiger partial charge < -0.3 is 19.1 Å². The van der Waals surface area contributed by atoms with Gasteiger partial charge in [0, 0.05) is 62.1 Å². The molecule has 11 rings (SSSR count). The lowest BCUT2D eigenvalue weighted by atomic mass is 10.0. The average molecular weight is 797 g/mol. The minimum atomic E-state index is 0.547. The molecule has 0 spiro atoms. The molecule has 10 aromatic carbocycles. The maximum absolute atomic E-state index is 6.96. The predicted molar refractivity (Wildman–Crippen MR) is 259 cm³/mol. The number of para-hydroxylation sites is 5. The van der Waals surface area contributed by atoms with Crippen LogP contribution in [0.15, 0.2) is 247 Å². The first-order valence-electron chi connectivity index (χ1n) is 20.9. The molecule has 0 aliphatic heterocycles. The van der Waals surface area contributed by atoms with E-state index in [1.54, 1.807) is 0 Å². The van der Waals surface area contributed by atoms with Crippen molar-refractivity contribution >= 4 is 83.8 Å². The summed E-state index contributed by atoms with van der Waals surface area (Å²) in [7, 11) is 0. The number of rotatable bonds is 10. The Morgan fingerprint density at radius 2 is 0.694 bits per heavy atom. The molecule has 0 aliphatic rings. The fourth-order valence-electron chi connectivity index (χ4n) is 8.57. The number of aromatic nitrogens is 1. The lowest BCUT2D eigenvalue weighted by molar-refractivity contribution is 0.623. The van der Waals surface area contributed by atoms with Crippen LogP contribution in [0.5, 0.6) is 0 Å². The van der Waals surface area contributed by atoms with Gasteiger partial charge in [-0.25, -0.2) is 4.98 Å². The van der Waals surface area contributed by atoms with E-state index in [0.29, 0.717) is 5.89 Å². The van der Waals surface area contributed by atoms with Crippen molar-refractivity contribution in [2.75, 3.05) is 14.7 Å². The quantitative estimate of drug-likeness (QED) is 0.129. The second-order valence-corrected chi connectivity index (χ2v) is 15.3. The van der Waals surface area contributed by atoms with Crippen LogP contribution in [0.3, 0.4) is 0 Å². The fourth-order valence-corrected chi connectivity index (χ4v) is 8.57. The summed E-state index contributed by atoms with van der Waals surface area (Å²) in [5.41, 5.74) is 11.6. The van der Waals surface area contributed by atoms with Crippen LogP contribution < -0.4 is 14.7 Å². The van der Waals surface area contributed by atoms with Crippen molar-refractivity contribution in [1.29, 1.82) is 0 Å². The smallest absolute Gasteiger partial charge is 0.227 e. The van der Waals surface area contributed by atoms with E-state index >= 15 is 0 Å². The molecule has 0 aliphatic carbocycles. The zero-order chi connectivity index (χ0) is 41.2. The molecule has 0 radical (unpaired) electrons. The molecule has 62 heavy (non-hydrogen) atoms. The number of fused-ring (bicyclic) bond motifs is 5. The molecule has 5 heteroatoms. The van der Waals surface area contributed by atoms with Gasteiger partial charge in [-0.1, -0.05) is 140 Å². The Morgan fingerprint density at radius 1 is 0.306 bits per heavy atom. The lowest BCUT2D eigenvalue weighted by Gasteiger charge is -2.31. The molecule has 0 unspecified atom stereocenters. The molecule has 0 saturated heterocycles. The summed E-state index contributed by atoms with van der Waals surface area (Å²) in [6, 6.07) is 85.1. The van der Waals surface area contributed by atoms with Gasteiger partial charge in [-0.2, -0.15) is 0 Å². The van der Waals surface area contributed by atoms with Crippen molar-refractivity contribution < 1.29 is 4.42 Å². The van der Waals surface area contributed by atoms with Crippen molar-refractivity contribution in [2.45, 2.75) is 0 Å². The molecule has 0 saturated carbocycles. The van der Waals surface area contributed by atoms with Gasteiger partial charge in [-0.3, -0.25) is 0 Å². The Bertz CT molecular complexity index is 3220. The molecule has 0 amide bonds. The number of hydrogen-bond donors (Lipinski definition) is 0. The van der Waals surface area contributed by atoms with E-state index in [-0.39, 0.29) is 0 Å². The van der Waals surface area contributed by atoms with E-state index in [4.69, 9.17) is 9.40 Å². The summed E-state index contributed by atoms with van der Waals surface area (Å²) in [4.78, 5) is 12.1. The first-order valence-corrected chi connectivity index (χ1v) is 20.9. The van der Waals surface area contributed by atoms with E-state index in [1.165, 1.54) is 0 Å². The van der Waals surface area contributed by atoms with Crippen LogP contribution in [-0.2, 0) is 0 Å². The molecule has 1 heterocycles. The van der Waals surface area contributed by atoms with Gasteiger partial charge in [-0.15, -0.1) is 0 Å². The number of nitrogens with zero attached hydrogens (tertiary/aromatic N) is 4. The highest BCUT2D eigenvalue weighted by atomic mass is 16.3. The minimum absolute atomic E-state index is 0.547. The molecule has 0 atom stereocenters. The zero-order valence-corrected chi connectivity index (χ0v) is 33.8. The molecule has 0 N–H and O–H groups in total. The Balaban J connectivity index is 1.15. The van der Waals surface area contributed by atoms with Crippen molar-refractivity contribution in [2.24, 2.45) is 0 Å². The summed E-state index contributed by atoms with van der Waals surface area (Å²) in [6.45, 7) is 0. The van der Waals surface area contributed by atoms with Gasteiger partial charge in [0.15, 0.2) is 5.58 Å². The zero-order valence-electron chi connectivity index (χ0n) is 33.8. The van der Waals surface area contributed by atoms with Crippen LogP contribution in [0.25, 0.3) is 44.1 Å². The van der Waals surface area contributed by atoms with E-state index in [1.807, 2.05) is 0 Å². The number of benzene rings is 10. The van der Waals surface area contributed by atoms with Crippen molar-refractivity contribution in [3.05, 3.63) is 243 Å². The van der Waals surface area contributed by atoms with Crippen LogP contribution in [0, 0.1) is 0 Å². The number of anilines is 9. The van der Waals surface area contributed by atoms with Gasteiger partial charge in [0.2, 0.25) is 5.89 Å². The third kappa shape index (κ3) is 6.87. The Hall–Kier alpha value is -8.41. The third-order valence-corrected chi connectivity index (χ3v) is 11.3. The highest BCUT2D eigenvalue weighted by Gasteiger charge is 2.23. The van der Waals surface area contributed by atoms with Crippen LogP contribution >= 0.6 is 0 Å². The second kappa shape index (κ2) is 16.0. The first kappa shape index (κ1) is 36.7. The summed E-state index contributed by atoms with van der Waals surface area (Å²) < 4.78 is 6.96. The van der Waals surface area contributed by atoms with Gasteiger partial charge in [0.25, 0.3) is 0 Å². The second-order valence-electron chi connectivity index (χ2n) is 15.3. The highest BCUT2D eigenvalue weighted by Crippen LogP contribution is 2.45. The molecular weight excluding hydrogens is 757 g/mol. The normalized spacial score (nSPS) is 11.2. The maximum Gasteiger partial charge on any atom is 0.227 e. The summed E-state index contributed by atoms with van der Waals surface area (Å²) in [5.74, 6) is 0.547. The Labute approximate surface area is 360 Å². The molecule has 5 nitrogen and oxygen atoms in total. The summed E-state index contributed by atoms with van der Waals surface area (Å²) in [6.07, 6.45) is 0. The minimum Gasteiger partial charge on any atom is -0.435 e. The van der Waals surface area contributed by atoms with E-state index in [9.17, 15) is 0 Å². The van der Waals surface area contributed by atoms with Crippen molar-refractivity contribution in [3.8, 4) is 11.5 Å². The SMILES string of the molecule is c1ccc(N(c2ccccc2)c2cccc(N(c3ccccc3)c3cc(-c4nc5ccc6ccc7ccccc7c6c5o4)cc(N(c4ccccc4)c4ccccc4)c3)c2)cc1. The van der Waals surface area contributed by atoms with Gasteiger partial charge in [-0.05, 0) is 119 Å². The summed E-state index contributed by atoms with van der Waals surface area (Å²) >= 11 is 0. The first-order chi connectivity index (χ1) is 30.7. The van der Waals surface area contributed by atoms with Crippen molar-refractivity contribution in [3.63, 3.8) is 0 Å². The summed E-state index contributed by atoms with van der Waals surface area (Å²) in [5, 5.41) is 4.48. The lowest BCUT2D eigenvalue weighted by Crippen LogP contribution is -2.14. The fraction of sp³-hybridized carbons (Fsp3) is 0. The monoisotopic (exact) mass is 796 g/mol. The number of oxazole rings is 1. The van der Waals surface area contributed by atoms with Gasteiger partial charge in [0.05, 0.1) is 0 Å². The van der Waals surface area contributed by atoms with Crippen LogP contribution in [0.4, 0.5) is 51.2 Å². The molecule has 1 aromatic heterocycles. The van der Waals surface area contributed by atoms with Crippen LogP contribution in [0.1, 0.15) is 0 Å². The maximum atomic E-state index is 6.96. The number of hydrogen-bond acceptors (Lipinski definition) is 5. The predicted octanol–water partition coefficient (Wildman–Crippen LogP) is 16.2. The van der Waals surface area contributed by atoms with E-state index < -0.39 is 0 Å². The average Bonchev–Trinajstić information content (AvgIpc) is 3.79. The standard InChI is InChI=1S/C57H40N4O/c1-6-20-44(21-7-1)59(45-22-8-2-9-23-45)49-30-18-31-50(39-49)61(48-28-14-5-15-29-48)52-38-43(37-51(40-52)60(46-24-10-3-11-25-46)47-26-12-4-13-27-47)57-58-54-36-35-42-34-33-41-19-16-17-32-53(41)55(42)56(54)62-57/h1-40H. The largest absolute Gasteiger partial charge is 0.435 e. The molecule has 294 valence electrons. The van der Waals surface area contributed by atoms with Gasteiger partial charge in [0.1, 0.15) is 5.52 Å². The van der Waals surface area contributed by atoms with E-state index in [2.05, 4.69) is 257 Å². The van der Waals surface area contributed by atoms with Crippen LogP contribution in [-0.4, -0.2) is 4.98 Å². The molecule has 11 aromatic rings. The Kier molecular flexibility index (Phi) is 9.45. The van der Waals surface area contributed by atoms with Gasteiger partial charge >= 0.3 is 0 Å². The highest BCUT2D eigenvalue weighted by molar-refractivity contribution is 6.18. The topological polar surface area (TPSA) is 35.8 Å². The Morgan fingerprint density at radius 3 is 1.21 bits per heavy atom. The van der Waals surface area contributed by atoms with Crippen molar-refractivity contribution in [1.82, 2.24) is 4.98 Å².